The zero-order valence-corrected chi connectivity index (χ0v) is 12.9. The zero-order valence-electron chi connectivity index (χ0n) is 12.9. The van der Waals surface area contributed by atoms with Crippen LogP contribution in [-0.2, 0) is 10.3 Å². The molecule has 1 fully saturated rings. The minimum atomic E-state index is -0.362. The van der Waals surface area contributed by atoms with Crippen molar-refractivity contribution in [3.63, 3.8) is 0 Å². The predicted octanol–water partition coefficient (Wildman–Crippen LogP) is 2.88. The van der Waals surface area contributed by atoms with Crippen LogP contribution >= 0.6 is 0 Å². The van der Waals surface area contributed by atoms with Crippen molar-refractivity contribution < 1.29 is 9.26 Å². The van der Waals surface area contributed by atoms with Crippen LogP contribution in [0.3, 0.4) is 0 Å². The SMILES string of the molecule is CCOC1(c2noc(C3C=CC(N)C3)n2)CCCC(C)C1. The molecular formula is C16H25N3O2. The molecule has 0 radical (unpaired) electrons. The van der Waals surface area contributed by atoms with Gasteiger partial charge in [-0.15, -0.1) is 0 Å². The smallest absolute Gasteiger partial charge is 0.233 e. The monoisotopic (exact) mass is 291 g/mol. The molecule has 0 saturated heterocycles. The fourth-order valence-corrected chi connectivity index (χ4v) is 3.66. The minimum Gasteiger partial charge on any atom is -0.367 e. The maximum absolute atomic E-state index is 6.10. The molecule has 0 aliphatic heterocycles. The molecule has 0 spiro atoms. The summed E-state index contributed by atoms with van der Waals surface area (Å²) in [6, 6.07) is 0.0981. The van der Waals surface area contributed by atoms with Crippen LogP contribution in [0.2, 0.25) is 0 Å². The first kappa shape index (κ1) is 14.7. The molecule has 5 heteroatoms. The van der Waals surface area contributed by atoms with E-state index in [2.05, 4.69) is 23.1 Å². The van der Waals surface area contributed by atoms with E-state index in [-0.39, 0.29) is 17.6 Å². The molecule has 5 nitrogen and oxygen atoms in total. The number of hydrogen-bond acceptors (Lipinski definition) is 5. The van der Waals surface area contributed by atoms with Crippen LogP contribution in [0.1, 0.15) is 63.6 Å². The van der Waals surface area contributed by atoms with Gasteiger partial charge in [0, 0.05) is 12.6 Å². The third-order valence-electron chi connectivity index (χ3n) is 4.66. The Balaban J connectivity index is 1.83. The Kier molecular flexibility index (Phi) is 4.13. The van der Waals surface area contributed by atoms with Crippen molar-refractivity contribution in [2.24, 2.45) is 11.7 Å². The lowest BCUT2D eigenvalue weighted by Gasteiger charge is -2.37. The Hall–Kier alpha value is -1.20. The van der Waals surface area contributed by atoms with Gasteiger partial charge in [0.25, 0.3) is 0 Å². The molecule has 0 bridgehead atoms. The quantitative estimate of drug-likeness (QED) is 0.863. The molecule has 4 unspecified atom stereocenters. The Labute approximate surface area is 125 Å². The number of aromatic nitrogens is 2. The van der Waals surface area contributed by atoms with Gasteiger partial charge < -0.3 is 15.0 Å². The molecule has 1 aromatic rings. The first-order valence-electron chi connectivity index (χ1n) is 8.05. The van der Waals surface area contributed by atoms with E-state index in [9.17, 15) is 0 Å². The highest BCUT2D eigenvalue weighted by Crippen LogP contribution is 2.42. The number of ether oxygens (including phenoxy) is 1. The van der Waals surface area contributed by atoms with E-state index < -0.39 is 0 Å². The van der Waals surface area contributed by atoms with E-state index in [4.69, 9.17) is 15.0 Å². The van der Waals surface area contributed by atoms with E-state index >= 15 is 0 Å². The van der Waals surface area contributed by atoms with Crippen molar-refractivity contribution in [1.29, 1.82) is 0 Å². The summed E-state index contributed by atoms with van der Waals surface area (Å²) in [6.45, 7) is 4.97. The van der Waals surface area contributed by atoms with E-state index in [1.54, 1.807) is 0 Å². The van der Waals surface area contributed by atoms with Crippen LogP contribution in [0, 0.1) is 5.92 Å². The van der Waals surface area contributed by atoms with Gasteiger partial charge in [0.1, 0.15) is 5.60 Å². The van der Waals surface area contributed by atoms with Gasteiger partial charge in [-0.3, -0.25) is 0 Å². The van der Waals surface area contributed by atoms with Gasteiger partial charge in [0.2, 0.25) is 11.7 Å². The first-order chi connectivity index (χ1) is 10.1. The second-order valence-electron chi connectivity index (χ2n) is 6.48. The summed E-state index contributed by atoms with van der Waals surface area (Å²) in [5.74, 6) is 2.18. The van der Waals surface area contributed by atoms with Crippen LogP contribution in [-0.4, -0.2) is 22.8 Å². The minimum absolute atomic E-state index is 0.0981. The number of nitrogens with two attached hydrogens (primary N) is 1. The molecule has 1 aromatic heterocycles. The normalized spacial score (nSPS) is 36.2. The Morgan fingerprint density at radius 2 is 2.33 bits per heavy atom. The van der Waals surface area contributed by atoms with E-state index in [0.29, 0.717) is 18.4 Å². The van der Waals surface area contributed by atoms with Gasteiger partial charge in [-0.25, -0.2) is 0 Å². The average Bonchev–Trinajstić information content (AvgIpc) is 3.07. The average molecular weight is 291 g/mol. The standard InChI is InChI=1S/C16H25N3O2/c1-3-20-16(8-4-5-11(2)10-16)15-18-14(21-19-15)12-6-7-13(17)9-12/h6-7,11-13H,3-5,8-10,17H2,1-2H3. The number of nitrogens with zero attached hydrogens (tertiary/aromatic N) is 2. The summed E-state index contributed by atoms with van der Waals surface area (Å²) in [7, 11) is 0. The van der Waals surface area contributed by atoms with Gasteiger partial charge in [0.15, 0.2) is 0 Å². The Bertz CT molecular complexity index is 509. The van der Waals surface area contributed by atoms with Gasteiger partial charge in [-0.1, -0.05) is 30.7 Å². The molecule has 4 atom stereocenters. The summed E-state index contributed by atoms with van der Waals surface area (Å²) in [5, 5.41) is 4.25. The zero-order chi connectivity index (χ0) is 14.9. The van der Waals surface area contributed by atoms with Crippen LogP contribution in [0.15, 0.2) is 16.7 Å². The summed E-state index contributed by atoms with van der Waals surface area (Å²) >= 11 is 0. The maximum Gasteiger partial charge on any atom is 0.233 e. The van der Waals surface area contributed by atoms with Gasteiger partial charge in [-0.2, -0.15) is 4.98 Å². The molecule has 3 rings (SSSR count). The topological polar surface area (TPSA) is 74.2 Å². The Morgan fingerprint density at radius 1 is 1.48 bits per heavy atom. The van der Waals surface area contributed by atoms with E-state index in [1.165, 1.54) is 6.42 Å². The maximum atomic E-state index is 6.10. The van der Waals surface area contributed by atoms with Crippen LogP contribution in [0.4, 0.5) is 0 Å². The number of rotatable bonds is 4. The van der Waals surface area contributed by atoms with Crippen LogP contribution in [0.5, 0.6) is 0 Å². The van der Waals surface area contributed by atoms with Crippen molar-refractivity contribution in [1.82, 2.24) is 10.1 Å². The third kappa shape index (κ3) is 2.90. The molecule has 2 aliphatic carbocycles. The molecule has 0 aromatic carbocycles. The Morgan fingerprint density at radius 3 is 3.00 bits per heavy atom. The summed E-state index contributed by atoms with van der Waals surface area (Å²) < 4.78 is 11.6. The van der Waals surface area contributed by atoms with E-state index in [1.807, 2.05) is 13.0 Å². The number of allylic oxidation sites excluding steroid dienone is 1. The van der Waals surface area contributed by atoms with Crippen molar-refractivity contribution in [3.05, 3.63) is 23.9 Å². The molecule has 1 heterocycles. The van der Waals surface area contributed by atoms with Crippen molar-refractivity contribution in [2.75, 3.05) is 6.61 Å². The lowest BCUT2D eigenvalue weighted by Crippen LogP contribution is -2.36. The lowest BCUT2D eigenvalue weighted by molar-refractivity contribution is -0.0891. The van der Waals surface area contributed by atoms with Gasteiger partial charge in [0.05, 0.1) is 5.92 Å². The van der Waals surface area contributed by atoms with E-state index in [0.717, 1.165) is 31.5 Å². The second-order valence-corrected chi connectivity index (χ2v) is 6.48. The molecule has 2 N–H and O–H groups in total. The fourth-order valence-electron chi connectivity index (χ4n) is 3.66. The van der Waals surface area contributed by atoms with Crippen LogP contribution in [0.25, 0.3) is 0 Å². The largest absolute Gasteiger partial charge is 0.367 e. The first-order valence-corrected chi connectivity index (χ1v) is 8.05. The summed E-state index contributed by atoms with van der Waals surface area (Å²) in [4.78, 5) is 4.67. The third-order valence-corrected chi connectivity index (χ3v) is 4.66. The highest BCUT2D eigenvalue weighted by atomic mass is 16.5. The molecule has 1 saturated carbocycles. The molecule has 2 aliphatic rings. The molecule has 21 heavy (non-hydrogen) atoms. The number of hydrogen-bond donors (Lipinski definition) is 1. The van der Waals surface area contributed by atoms with Gasteiger partial charge in [-0.05, 0) is 38.5 Å². The second kappa shape index (κ2) is 5.89. The predicted molar refractivity (Wildman–Crippen MR) is 79.7 cm³/mol. The fraction of sp³-hybridized carbons (Fsp3) is 0.750. The van der Waals surface area contributed by atoms with Gasteiger partial charge >= 0.3 is 0 Å². The van der Waals surface area contributed by atoms with Crippen LogP contribution < -0.4 is 5.73 Å². The highest BCUT2D eigenvalue weighted by molar-refractivity contribution is 5.16. The van der Waals surface area contributed by atoms with Crippen molar-refractivity contribution in [2.45, 2.75) is 63.5 Å². The lowest BCUT2D eigenvalue weighted by atomic mass is 9.78. The highest BCUT2D eigenvalue weighted by Gasteiger charge is 2.42. The summed E-state index contributed by atoms with van der Waals surface area (Å²) in [5.41, 5.74) is 5.54. The summed E-state index contributed by atoms with van der Waals surface area (Å²) in [6.07, 6.45) is 9.27. The van der Waals surface area contributed by atoms with Crippen molar-refractivity contribution >= 4 is 0 Å². The molecular weight excluding hydrogens is 266 g/mol. The van der Waals surface area contributed by atoms with Crippen molar-refractivity contribution in [3.8, 4) is 0 Å². The molecule has 0 amide bonds. The molecule has 116 valence electrons.